The molecule has 0 aliphatic heterocycles. The van der Waals surface area contributed by atoms with Gasteiger partial charge in [-0.1, -0.05) is 23.2 Å². The minimum absolute atomic E-state index is 0.376. The van der Waals surface area contributed by atoms with Gasteiger partial charge in [-0.05, 0) is 6.42 Å². The number of thioether (sulfide) groups is 1. The Labute approximate surface area is 84.9 Å². The molecule has 0 aromatic rings. The maximum absolute atomic E-state index is 10.2. The summed E-state index contributed by atoms with van der Waals surface area (Å²) in [6.45, 7) is 0. The predicted molar refractivity (Wildman–Crippen MR) is 52.5 cm³/mol. The first-order valence-corrected chi connectivity index (χ1v) is 4.95. The molecule has 0 unspecified atom stereocenters. The molecule has 0 aromatic heterocycles. The molecule has 0 amide bonds. The number of carbonyl (C=O) groups is 1. The first kappa shape index (κ1) is 12.1. The van der Waals surface area contributed by atoms with E-state index >= 15 is 0 Å². The molecule has 0 rings (SSSR count). The summed E-state index contributed by atoms with van der Waals surface area (Å²) >= 11 is 12.1. The highest BCUT2D eigenvalue weighted by Gasteiger charge is 2.10. The lowest BCUT2D eigenvalue weighted by atomic mass is 10.2. The molecule has 0 aliphatic carbocycles. The highest BCUT2D eigenvalue weighted by Crippen LogP contribution is 2.21. The molecule has 12 heavy (non-hydrogen) atoms. The van der Waals surface area contributed by atoms with Crippen LogP contribution < -0.4 is 5.73 Å². The van der Waals surface area contributed by atoms with Crippen molar-refractivity contribution in [3.8, 4) is 0 Å². The number of nitrogens with two attached hydrogens (primary N) is 1. The lowest BCUT2D eigenvalue weighted by Crippen LogP contribution is -2.30. The standard InChI is InChI=1S/C6H9Cl2NO2S/c7-3-5(8)12-2-1-4(9)6(10)11/h3-4H,1-2,9H2,(H,10,11)/t4-/m0/s1. The van der Waals surface area contributed by atoms with Crippen LogP contribution in [0, 0.1) is 0 Å². The van der Waals surface area contributed by atoms with E-state index in [4.69, 9.17) is 34.0 Å². The maximum atomic E-state index is 10.2. The van der Waals surface area contributed by atoms with Gasteiger partial charge in [0, 0.05) is 11.3 Å². The van der Waals surface area contributed by atoms with Crippen LogP contribution in [-0.2, 0) is 4.79 Å². The fraction of sp³-hybridized carbons (Fsp3) is 0.500. The van der Waals surface area contributed by atoms with Gasteiger partial charge >= 0.3 is 5.97 Å². The molecular weight excluding hydrogens is 221 g/mol. The summed E-state index contributed by atoms with van der Waals surface area (Å²) in [6.07, 6.45) is 0.376. The van der Waals surface area contributed by atoms with E-state index in [1.807, 2.05) is 0 Å². The fourth-order valence-corrected chi connectivity index (χ4v) is 1.49. The van der Waals surface area contributed by atoms with E-state index in [2.05, 4.69) is 0 Å². The van der Waals surface area contributed by atoms with Crippen LogP contribution in [0.25, 0.3) is 0 Å². The van der Waals surface area contributed by atoms with Crippen LogP contribution in [-0.4, -0.2) is 22.9 Å². The van der Waals surface area contributed by atoms with Crippen LogP contribution in [0.1, 0.15) is 6.42 Å². The van der Waals surface area contributed by atoms with Crippen molar-refractivity contribution < 1.29 is 9.90 Å². The average molecular weight is 230 g/mol. The maximum Gasteiger partial charge on any atom is 0.320 e. The van der Waals surface area contributed by atoms with Crippen molar-refractivity contribution in [2.24, 2.45) is 5.73 Å². The van der Waals surface area contributed by atoms with E-state index in [-0.39, 0.29) is 0 Å². The second-order valence-corrected chi connectivity index (χ2v) is 3.98. The van der Waals surface area contributed by atoms with E-state index in [9.17, 15) is 4.79 Å². The van der Waals surface area contributed by atoms with Crippen LogP contribution in [0.3, 0.4) is 0 Å². The van der Waals surface area contributed by atoms with Crippen molar-refractivity contribution in [1.82, 2.24) is 0 Å². The van der Waals surface area contributed by atoms with Gasteiger partial charge in [-0.15, -0.1) is 11.8 Å². The Bertz CT molecular complexity index is 186. The third kappa shape index (κ3) is 5.71. The summed E-state index contributed by atoms with van der Waals surface area (Å²) in [5, 5.41) is 8.40. The minimum Gasteiger partial charge on any atom is -0.480 e. The van der Waals surface area contributed by atoms with Crippen molar-refractivity contribution in [2.75, 3.05) is 5.75 Å². The van der Waals surface area contributed by atoms with Crippen molar-refractivity contribution in [3.05, 3.63) is 9.90 Å². The van der Waals surface area contributed by atoms with E-state index in [0.717, 1.165) is 0 Å². The predicted octanol–water partition coefficient (Wildman–Crippen LogP) is 1.80. The van der Waals surface area contributed by atoms with Crippen LogP contribution in [0.2, 0.25) is 0 Å². The second-order valence-electron chi connectivity index (χ2n) is 2.00. The zero-order valence-electron chi connectivity index (χ0n) is 6.17. The Hall–Kier alpha value is 0.1000. The lowest BCUT2D eigenvalue weighted by Gasteiger charge is -2.04. The van der Waals surface area contributed by atoms with Gasteiger partial charge in [-0.25, -0.2) is 0 Å². The first-order chi connectivity index (χ1) is 5.57. The summed E-state index contributed by atoms with van der Waals surface area (Å²) in [4.78, 5) is 10.2. The molecule has 1 atom stereocenters. The van der Waals surface area contributed by atoms with Crippen molar-refractivity contribution in [3.63, 3.8) is 0 Å². The highest BCUT2D eigenvalue weighted by molar-refractivity contribution is 8.04. The van der Waals surface area contributed by atoms with Gasteiger partial charge in [-0.3, -0.25) is 4.79 Å². The van der Waals surface area contributed by atoms with Gasteiger partial charge in [0.05, 0.1) is 4.36 Å². The molecule has 0 aromatic carbocycles. The zero-order valence-corrected chi connectivity index (χ0v) is 8.49. The number of carboxylic acids is 1. The van der Waals surface area contributed by atoms with E-state index < -0.39 is 12.0 Å². The molecule has 70 valence electrons. The molecule has 0 saturated heterocycles. The van der Waals surface area contributed by atoms with Crippen LogP contribution in [0.4, 0.5) is 0 Å². The van der Waals surface area contributed by atoms with Gasteiger partial charge in [-0.2, -0.15) is 0 Å². The number of aliphatic carboxylic acids is 1. The largest absolute Gasteiger partial charge is 0.480 e. The SMILES string of the molecule is N[C@@H](CCSC(Cl)=CCl)C(=O)O. The number of halogens is 2. The van der Waals surface area contributed by atoms with Crippen LogP contribution in [0.5, 0.6) is 0 Å². The molecule has 3 N–H and O–H groups in total. The number of hydrogen-bond acceptors (Lipinski definition) is 3. The monoisotopic (exact) mass is 229 g/mol. The van der Waals surface area contributed by atoms with Gasteiger partial charge in [0.15, 0.2) is 0 Å². The Morgan fingerprint density at radius 2 is 2.33 bits per heavy atom. The Morgan fingerprint density at radius 1 is 1.75 bits per heavy atom. The summed E-state index contributed by atoms with van der Waals surface area (Å²) in [6, 6.07) is -0.822. The lowest BCUT2D eigenvalue weighted by molar-refractivity contribution is -0.138. The quantitative estimate of drug-likeness (QED) is 0.755. The van der Waals surface area contributed by atoms with Crippen molar-refractivity contribution in [2.45, 2.75) is 12.5 Å². The third-order valence-corrected chi connectivity index (χ3v) is 2.80. The van der Waals surface area contributed by atoms with Crippen LogP contribution >= 0.6 is 35.0 Å². The summed E-state index contributed by atoms with van der Waals surface area (Å²) in [5.41, 5.74) is 6.47. The third-order valence-electron chi connectivity index (χ3n) is 1.07. The zero-order chi connectivity index (χ0) is 9.56. The van der Waals surface area contributed by atoms with Gasteiger partial charge < -0.3 is 10.8 Å². The van der Waals surface area contributed by atoms with Gasteiger partial charge in [0.1, 0.15) is 6.04 Å². The smallest absolute Gasteiger partial charge is 0.320 e. The second kappa shape index (κ2) is 6.60. The Kier molecular flexibility index (Phi) is 6.65. The van der Waals surface area contributed by atoms with E-state index in [1.54, 1.807) is 0 Å². The molecule has 0 heterocycles. The molecule has 6 heteroatoms. The number of rotatable bonds is 5. The number of carboxylic acid groups (broad SMARTS) is 1. The summed E-state index contributed by atoms with van der Waals surface area (Å²) < 4.78 is 0.439. The fourth-order valence-electron chi connectivity index (χ4n) is 0.438. The molecule has 0 aliphatic rings. The first-order valence-electron chi connectivity index (χ1n) is 3.15. The van der Waals surface area contributed by atoms with E-state index in [1.165, 1.54) is 17.3 Å². The minimum atomic E-state index is -0.999. The molecule has 0 radical (unpaired) electrons. The molecule has 0 bridgehead atoms. The topological polar surface area (TPSA) is 63.3 Å². The normalized spacial score (nSPS) is 14.4. The molecule has 0 saturated carbocycles. The highest BCUT2D eigenvalue weighted by atomic mass is 35.5. The molecule has 3 nitrogen and oxygen atoms in total. The van der Waals surface area contributed by atoms with Gasteiger partial charge in [0.25, 0.3) is 0 Å². The Morgan fingerprint density at radius 3 is 2.75 bits per heavy atom. The van der Waals surface area contributed by atoms with Crippen molar-refractivity contribution in [1.29, 1.82) is 0 Å². The summed E-state index contributed by atoms with van der Waals surface area (Å²) in [7, 11) is 0. The average Bonchev–Trinajstić information content (AvgIpc) is 2.03. The summed E-state index contributed by atoms with van der Waals surface area (Å²) in [5.74, 6) is -0.447. The van der Waals surface area contributed by atoms with E-state index in [0.29, 0.717) is 16.5 Å². The molecular formula is C6H9Cl2NO2S. The Balaban J connectivity index is 3.50. The number of hydrogen-bond donors (Lipinski definition) is 2. The molecule has 0 spiro atoms. The molecule has 0 fully saturated rings. The van der Waals surface area contributed by atoms with Crippen LogP contribution in [0.15, 0.2) is 9.90 Å². The van der Waals surface area contributed by atoms with Gasteiger partial charge in [0.2, 0.25) is 0 Å². The van der Waals surface area contributed by atoms with Crippen molar-refractivity contribution >= 4 is 40.9 Å².